The van der Waals surface area contributed by atoms with E-state index in [9.17, 15) is 8.42 Å². The lowest BCUT2D eigenvalue weighted by Gasteiger charge is -2.08. The van der Waals surface area contributed by atoms with Crippen molar-refractivity contribution in [2.24, 2.45) is 0 Å². The molecule has 0 aliphatic carbocycles. The first-order valence-electron chi connectivity index (χ1n) is 7.04. The SMILES string of the molecule is O=S(=O)(Cc1coc(-c2ccc(Cl)cc2)n1)C[C@H]1CCCO1. The van der Waals surface area contributed by atoms with Crippen LogP contribution in [0.3, 0.4) is 0 Å². The highest BCUT2D eigenvalue weighted by Crippen LogP contribution is 2.22. The van der Waals surface area contributed by atoms with Gasteiger partial charge in [0.05, 0.1) is 23.3 Å². The lowest BCUT2D eigenvalue weighted by atomic mass is 10.2. The Hall–Kier alpha value is -1.37. The molecule has 0 bridgehead atoms. The minimum atomic E-state index is -3.26. The molecule has 7 heteroatoms. The van der Waals surface area contributed by atoms with Crippen molar-refractivity contribution in [3.05, 3.63) is 41.2 Å². The molecular formula is C15H16ClNO4S. The van der Waals surface area contributed by atoms with Gasteiger partial charge in [-0.05, 0) is 37.1 Å². The monoisotopic (exact) mass is 341 g/mol. The molecule has 2 heterocycles. The van der Waals surface area contributed by atoms with Crippen LogP contribution in [0.5, 0.6) is 0 Å². The molecule has 2 aromatic rings. The number of sulfone groups is 1. The summed E-state index contributed by atoms with van der Waals surface area (Å²) in [5, 5.41) is 0.620. The molecule has 1 aliphatic heterocycles. The van der Waals surface area contributed by atoms with Crippen LogP contribution in [0, 0.1) is 0 Å². The smallest absolute Gasteiger partial charge is 0.226 e. The number of benzene rings is 1. The normalized spacial score (nSPS) is 18.7. The molecule has 22 heavy (non-hydrogen) atoms. The van der Waals surface area contributed by atoms with E-state index in [-0.39, 0.29) is 17.6 Å². The fourth-order valence-electron chi connectivity index (χ4n) is 2.44. The van der Waals surface area contributed by atoms with E-state index in [0.29, 0.717) is 23.2 Å². The van der Waals surface area contributed by atoms with E-state index in [2.05, 4.69) is 4.98 Å². The van der Waals surface area contributed by atoms with Gasteiger partial charge < -0.3 is 9.15 Å². The van der Waals surface area contributed by atoms with E-state index in [4.69, 9.17) is 20.8 Å². The van der Waals surface area contributed by atoms with Crippen LogP contribution in [0.2, 0.25) is 5.02 Å². The quantitative estimate of drug-likeness (QED) is 0.835. The Kier molecular flexibility index (Phi) is 4.52. The largest absolute Gasteiger partial charge is 0.444 e. The summed E-state index contributed by atoms with van der Waals surface area (Å²) >= 11 is 5.83. The maximum absolute atomic E-state index is 12.2. The standard InChI is InChI=1S/C15H16ClNO4S/c16-12-5-3-11(4-6-12)15-17-13(8-21-15)9-22(18,19)10-14-2-1-7-20-14/h3-6,8,14H,1-2,7,9-10H2/t14-/m1/s1. The molecule has 5 nitrogen and oxygen atoms in total. The molecule has 1 fully saturated rings. The summed E-state index contributed by atoms with van der Waals surface area (Å²) in [6.07, 6.45) is 2.92. The number of hydrogen-bond donors (Lipinski definition) is 0. The topological polar surface area (TPSA) is 69.4 Å². The van der Waals surface area contributed by atoms with Gasteiger partial charge in [0.2, 0.25) is 5.89 Å². The van der Waals surface area contributed by atoms with Crippen molar-refractivity contribution in [2.45, 2.75) is 24.7 Å². The molecule has 0 radical (unpaired) electrons. The van der Waals surface area contributed by atoms with Gasteiger partial charge in [-0.2, -0.15) is 0 Å². The zero-order valence-corrected chi connectivity index (χ0v) is 13.4. The van der Waals surface area contributed by atoms with Crippen molar-refractivity contribution < 1.29 is 17.6 Å². The van der Waals surface area contributed by atoms with E-state index in [1.165, 1.54) is 6.26 Å². The molecule has 0 saturated carbocycles. The number of ether oxygens (including phenoxy) is 1. The van der Waals surface area contributed by atoms with Crippen LogP contribution in [0.4, 0.5) is 0 Å². The maximum Gasteiger partial charge on any atom is 0.226 e. The van der Waals surface area contributed by atoms with Crippen LogP contribution in [-0.4, -0.2) is 31.9 Å². The van der Waals surface area contributed by atoms with E-state index in [0.717, 1.165) is 18.4 Å². The van der Waals surface area contributed by atoms with Crippen LogP contribution < -0.4 is 0 Å². The first-order valence-corrected chi connectivity index (χ1v) is 9.24. The molecule has 1 aromatic heterocycles. The second-order valence-electron chi connectivity index (χ2n) is 5.34. The minimum absolute atomic E-state index is 0.0378. The Labute approximate surface area is 134 Å². The van der Waals surface area contributed by atoms with Gasteiger partial charge in [-0.1, -0.05) is 11.6 Å². The van der Waals surface area contributed by atoms with E-state index in [1.54, 1.807) is 24.3 Å². The van der Waals surface area contributed by atoms with Crippen LogP contribution in [-0.2, 0) is 20.3 Å². The fraction of sp³-hybridized carbons (Fsp3) is 0.400. The summed E-state index contributed by atoms with van der Waals surface area (Å²) in [5.41, 5.74) is 1.16. The first-order chi connectivity index (χ1) is 10.5. The Balaban J connectivity index is 1.69. The molecule has 0 unspecified atom stereocenters. The van der Waals surface area contributed by atoms with Gasteiger partial charge in [0.15, 0.2) is 9.84 Å². The molecule has 118 valence electrons. The van der Waals surface area contributed by atoms with Crippen LogP contribution in [0.25, 0.3) is 11.5 Å². The van der Waals surface area contributed by atoms with E-state index < -0.39 is 9.84 Å². The van der Waals surface area contributed by atoms with Crippen LogP contribution >= 0.6 is 11.6 Å². The van der Waals surface area contributed by atoms with Crippen molar-refractivity contribution in [3.63, 3.8) is 0 Å². The molecule has 1 atom stereocenters. The highest BCUT2D eigenvalue weighted by Gasteiger charge is 2.24. The van der Waals surface area contributed by atoms with Crippen molar-refractivity contribution in [1.29, 1.82) is 0 Å². The zero-order valence-electron chi connectivity index (χ0n) is 11.9. The van der Waals surface area contributed by atoms with Gasteiger partial charge in [-0.15, -0.1) is 0 Å². The Morgan fingerprint density at radius 2 is 2.05 bits per heavy atom. The number of nitrogens with zero attached hydrogens (tertiary/aromatic N) is 1. The minimum Gasteiger partial charge on any atom is -0.444 e. The number of rotatable bonds is 5. The summed E-state index contributed by atoms with van der Waals surface area (Å²) < 4.78 is 35.1. The molecule has 0 N–H and O–H groups in total. The van der Waals surface area contributed by atoms with Crippen molar-refractivity contribution in [3.8, 4) is 11.5 Å². The van der Waals surface area contributed by atoms with E-state index in [1.807, 2.05) is 0 Å². The average molecular weight is 342 g/mol. The summed E-state index contributed by atoms with van der Waals surface area (Å²) in [6, 6.07) is 7.02. The average Bonchev–Trinajstić information content (AvgIpc) is 3.10. The fourth-order valence-corrected chi connectivity index (χ4v) is 4.10. The van der Waals surface area contributed by atoms with Gasteiger partial charge in [0, 0.05) is 17.2 Å². The molecular weight excluding hydrogens is 326 g/mol. The molecule has 0 spiro atoms. The van der Waals surface area contributed by atoms with Gasteiger partial charge in [-0.25, -0.2) is 13.4 Å². The molecule has 1 aromatic carbocycles. The van der Waals surface area contributed by atoms with Crippen molar-refractivity contribution in [2.75, 3.05) is 12.4 Å². The predicted molar refractivity (Wildman–Crippen MR) is 83.4 cm³/mol. The van der Waals surface area contributed by atoms with Crippen LogP contribution in [0.1, 0.15) is 18.5 Å². The summed E-state index contributed by atoms with van der Waals surface area (Å²) in [4.78, 5) is 4.24. The third kappa shape index (κ3) is 3.88. The van der Waals surface area contributed by atoms with Gasteiger partial charge in [0.1, 0.15) is 6.26 Å². The second kappa shape index (κ2) is 6.40. The van der Waals surface area contributed by atoms with E-state index >= 15 is 0 Å². The van der Waals surface area contributed by atoms with Crippen molar-refractivity contribution >= 4 is 21.4 Å². The van der Waals surface area contributed by atoms with Gasteiger partial charge >= 0.3 is 0 Å². The second-order valence-corrected chi connectivity index (χ2v) is 7.89. The molecule has 0 amide bonds. The van der Waals surface area contributed by atoms with Crippen LogP contribution in [0.15, 0.2) is 34.9 Å². The van der Waals surface area contributed by atoms with Gasteiger partial charge in [-0.3, -0.25) is 0 Å². The maximum atomic E-state index is 12.2. The van der Waals surface area contributed by atoms with Crippen molar-refractivity contribution in [1.82, 2.24) is 4.98 Å². The predicted octanol–water partition coefficient (Wildman–Crippen LogP) is 3.09. The summed E-state index contributed by atoms with van der Waals surface area (Å²) in [5.74, 6) is 0.291. The lowest BCUT2D eigenvalue weighted by Crippen LogP contribution is -2.21. The molecule has 3 rings (SSSR count). The third-order valence-corrected chi connectivity index (χ3v) is 5.34. The van der Waals surface area contributed by atoms with Gasteiger partial charge in [0.25, 0.3) is 0 Å². The molecule has 1 aliphatic rings. The summed E-state index contributed by atoms with van der Waals surface area (Å²) in [7, 11) is -3.26. The Bertz CT molecular complexity index is 733. The summed E-state index contributed by atoms with van der Waals surface area (Å²) in [6.45, 7) is 0.644. The zero-order chi connectivity index (χ0) is 15.6. The first kappa shape index (κ1) is 15.5. The number of aromatic nitrogens is 1. The highest BCUT2D eigenvalue weighted by atomic mass is 35.5. The highest BCUT2D eigenvalue weighted by molar-refractivity contribution is 7.90. The Morgan fingerprint density at radius 1 is 1.27 bits per heavy atom. The number of halogens is 1. The Morgan fingerprint density at radius 3 is 2.73 bits per heavy atom. The number of hydrogen-bond acceptors (Lipinski definition) is 5. The lowest BCUT2D eigenvalue weighted by molar-refractivity contribution is 0.127. The number of oxazole rings is 1. The molecule has 1 saturated heterocycles. The third-order valence-electron chi connectivity index (χ3n) is 3.47.